The van der Waals surface area contributed by atoms with Gasteiger partial charge in [-0.2, -0.15) is 9.98 Å². The van der Waals surface area contributed by atoms with Crippen molar-refractivity contribution in [3.63, 3.8) is 0 Å². The average molecular weight is 269 g/mol. The minimum absolute atomic E-state index is 0.261. The van der Waals surface area contributed by atoms with E-state index >= 15 is 0 Å². The molecule has 2 heterocycles. The third-order valence-corrected chi connectivity index (χ3v) is 3.51. The lowest BCUT2D eigenvalue weighted by Crippen LogP contribution is -2.05. The van der Waals surface area contributed by atoms with E-state index in [0.29, 0.717) is 10.4 Å². The van der Waals surface area contributed by atoms with Crippen molar-refractivity contribution in [2.75, 3.05) is 0 Å². The van der Waals surface area contributed by atoms with Gasteiger partial charge in [-0.3, -0.25) is 8.58 Å². The fraction of sp³-hybridized carbons (Fsp3) is 0.0714. The lowest BCUT2D eigenvalue weighted by molar-refractivity contribution is 0.0998. The Bertz CT molecular complexity index is 780. The molecule has 0 spiro atoms. The number of fused-ring (bicyclic) bond motifs is 1. The Morgan fingerprint density at radius 1 is 1.26 bits per heavy atom. The molecule has 3 rings (SSSR count). The van der Waals surface area contributed by atoms with E-state index in [4.69, 9.17) is 0 Å². The minimum atomic E-state index is -0.261. The molecular formula is C14H11N3OS. The number of benzene rings is 1. The van der Waals surface area contributed by atoms with Gasteiger partial charge in [-0.15, -0.1) is 0 Å². The van der Waals surface area contributed by atoms with Gasteiger partial charge in [0.2, 0.25) is 4.80 Å². The van der Waals surface area contributed by atoms with Crippen LogP contribution in [-0.2, 0) is 0 Å². The fourth-order valence-electron chi connectivity index (χ4n) is 1.76. The molecule has 0 aliphatic carbocycles. The molecule has 5 heteroatoms. The van der Waals surface area contributed by atoms with Crippen LogP contribution in [0.25, 0.3) is 5.65 Å². The second-order valence-electron chi connectivity index (χ2n) is 4.16. The molecule has 4 nitrogen and oxygen atoms in total. The number of nitrogens with zero attached hydrogens (tertiary/aromatic N) is 3. The number of amides is 1. The Balaban J connectivity index is 2.03. The first-order valence-electron chi connectivity index (χ1n) is 5.83. The van der Waals surface area contributed by atoms with Crippen molar-refractivity contribution >= 4 is 23.1 Å². The fourth-order valence-corrected chi connectivity index (χ4v) is 2.52. The highest BCUT2D eigenvalue weighted by molar-refractivity contribution is 7.03. The lowest BCUT2D eigenvalue weighted by Gasteiger charge is -1.95. The summed E-state index contributed by atoms with van der Waals surface area (Å²) < 4.78 is 1.88. The zero-order chi connectivity index (χ0) is 13.2. The molecule has 0 fully saturated rings. The summed E-state index contributed by atoms with van der Waals surface area (Å²) in [6.45, 7) is 1.95. The highest BCUT2D eigenvalue weighted by Crippen LogP contribution is 2.05. The zero-order valence-corrected chi connectivity index (χ0v) is 11.1. The Labute approximate surface area is 113 Å². The summed E-state index contributed by atoms with van der Waals surface area (Å²) in [5, 5.41) is 0. The van der Waals surface area contributed by atoms with E-state index in [1.807, 2.05) is 53.3 Å². The molecule has 1 aromatic carbocycles. The summed E-state index contributed by atoms with van der Waals surface area (Å²) >= 11 is 1.34. The van der Waals surface area contributed by atoms with Gasteiger partial charge in [-0.05, 0) is 42.7 Å². The SMILES string of the molecule is Cc1cccc(C(=O)N=c2nc3ccccn3s2)c1. The topological polar surface area (TPSA) is 46.7 Å². The average Bonchev–Trinajstić information content (AvgIpc) is 2.80. The summed E-state index contributed by atoms with van der Waals surface area (Å²) in [5.41, 5.74) is 2.42. The Kier molecular flexibility index (Phi) is 2.97. The van der Waals surface area contributed by atoms with Crippen LogP contribution in [0.4, 0.5) is 0 Å². The maximum Gasteiger partial charge on any atom is 0.279 e. The van der Waals surface area contributed by atoms with Gasteiger partial charge in [0.1, 0.15) is 5.65 Å². The van der Waals surface area contributed by atoms with E-state index in [0.717, 1.165) is 11.2 Å². The van der Waals surface area contributed by atoms with Crippen molar-refractivity contribution < 1.29 is 4.79 Å². The summed E-state index contributed by atoms with van der Waals surface area (Å²) in [6.07, 6.45) is 1.89. The molecule has 0 saturated carbocycles. The second-order valence-corrected chi connectivity index (χ2v) is 5.10. The first kappa shape index (κ1) is 11.8. The van der Waals surface area contributed by atoms with Crippen LogP contribution < -0.4 is 4.80 Å². The number of aromatic nitrogens is 2. The van der Waals surface area contributed by atoms with Crippen molar-refractivity contribution in [1.29, 1.82) is 0 Å². The van der Waals surface area contributed by atoms with Gasteiger partial charge in [0, 0.05) is 11.8 Å². The van der Waals surface area contributed by atoms with Crippen LogP contribution in [-0.4, -0.2) is 14.7 Å². The maximum absolute atomic E-state index is 12.0. The number of aryl methyl sites for hydroxylation is 1. The van der Waals surface area contributed by atoms with Gasteiger partial charge in [-0.1, -0.05) is 23.8 Å². The third-order valence-electron chi connectivity index (χ3n) is 2.66. The second kappa shape index (κ2) is 4.78. The highest BCUT2D eigenvalue weighted by Gasteiger charge is 2.04. The van der Waals surface area contributed by atoms with E-state index in [1.165, 1.54) is 11.5 Å². The number of hydrogen-bond acceptors (Lipinski definition) is 3. The predicted octanol–water partition coefficient (Wildman–Crippen LogP) is 2.45. The van der Waals surface area contributed by atoms with Gasteiger partial charge in [0.05, 0.1) is 0 Å². The van der Waals surface area contributed by atoms with Crippen LogP contribution in [0.3, 0.4) is 0 Å². The van der Waals surface area contributed by atoms with Gasteiger partial charge in [0.25, 0.3) is 5.91 Å². The molecule has 1 amide bonds. The van der Waals surface area contributed by atoms with E-state index < -0.39 is 0 Å². The number of carbonyl (C=O) groups is 1. The molecule has 2 aromatic heterocycles. The molecule has 0 bridgehead atoms. The first-order valence-corrected chi connectivity index (χ1v) is 6.60. The number of pyridine rings is 1. The molecule has 19 heavy (non-hydrogen) atoms. The van der Waals surface area contributed by atoms with Crippen LogP contribution in [0, 0.1) is 6.92 Å². The van der Waals surface area contributed by atoms with E-state index in [-0.39, 0.29) is 5.91 Å². The smallest absolute Gasteiger partial charge is 0.267 e. The van der Waals surface area contributed by atoms with Crippen molar-refractivity contribution in [3.8, 4) is 0 Å². The first-order chi connectivity index (χ1) is 9.22. The Hall–Kier alpha value is -2.27. The largest absolute Gasteiger partial charge is 0.279 e. The molecule has 0 atom stereocenters. The zero-order valence-electron chi connectivity index (χ0n) is 10.3. The standard InChI is InChI=1S/C14H11N3OS/c1-10-5-4-6-11(9-10)13(18)16-14-15-12-7-2-3-8-17(12)19-14/h2-9H,1H3. The van der Waals surface area contributed by atoms with Crippen molar-refractivity contribution in [2.45, 2.75) is 6.92 Å². The molecule has 0 unspecified atom stereocenters. The Morgan fingerprint density at radius 3 is 2.95 bits per heavy atom. The quantitative estimate of drug-likeness (QED) is 0.681. The van der Waals surface area contributed by atoms with Crippen LogP contribution >= 0.6 is 11.5 Å². The molecular weight excluding hydrogens is 258 g/mol. The van der Waals surface area contributed by atoms with Gasteiger partial charge in [0.15, 0.2) is 0 Å². The minimum Gasteiger partial charge on any atom is -0.267 e. The molecule has 0 N–H and O–H groups in total. The molecule has 0 radical (unpaired) electrons. The molecule has 94 valence electrons. The number of rotatable bonds is 1. The summed E-state index contributed by atoms with van der Waals surface area (Å²) in [6, 6.07) is 13.1. The van der Waals surface area contributed by atoms with Crippen LogP contribution in [0.15, 0.2) is 53.7 Å². The number of carbonyl (C=O) groups excluding carboxylic acids is 1. The highest BCUT2D eigenvalue weighted by atomic mass is 32.1. The van der Waals surface area contributed by atoms with Crippen molar-refractivity contribution in [1.82, 2.24) is 8.77 Å². The van der Waals surface area contributed by atoms with Gasteiger partial charge in [-0.25, -0.2) is 0 Å². The van der Waals surface area contributed by atoms with E-state index in [1.54, 1.807) is 6.07 Å². The summed E-state index contributed by atoms with van der Waals surface area (Å²) in [4.78, 5) is 20.9. The third kappa shape index (κ3) is 2.46. The summed E-state index contributed by atoms with van der Waals surface area (Å²) in [7, 11) is 0. The van der Waals surface area contributed by atoms with Crippen molar-refractivity contribution in [3.05, 3.63) is 64.6 Å². The molecule has 3 aromatic rings. The normalized spacial score (nSPS) is 11.9. The van der Waals surface area contributed by atoms with Gasteiger partial charge >= 0.3 is 0 Å². The van der Waals surface area contributed by atoms with Crippen LogP contribution in [0.1, 0.15) is 15.9 Å². The van der Waals surface area contributed by atoms with Crippen LogP contribution in [0.5, 0.6) is 0 Å². The van der Waals surface area contributed by atoms with E-state index in [9.17, 15) is 4.79 Å². The van der Waals surface area contributed by atoms with Crippen molar-refractivity contribution in [2.24, 2.45) is 4.99 Å². The Morgan fingerprint density at radius 2 is 2.16 bits per heavy atom. The monoisotopic (exact) mass is 269 g/mol. The van der Waals surface area contributed by atoms with Crippen LogP contribution in [0.2, 0.25) is 0 Å². The molecule has 0 saturated heterocycles. The molecule has 0 aliphatic rings. The predicted molar refractivity (Wildman–Crippen MR) is 74.1 cm³/mol. The van der Waals surface area contributed by atoms with Gasteiger partial charge < -0.3 is 0 Å². The molecule has 0 aliphatic heterocycles. The lowest BCUT2D eigenvalue weighted by atomic mass is 10.1. The number of hydrogen-bond donors (Lipinski definition) is 0. The van der Waals surface area contributed by atoms with E-state index in [2.05, 4.69) is 9.98 Å². The maximum atomic E-state index is 12.0. The summed E-state index contributed by atoms with van der Waals surface area (Å²) in [5.74, 6) is -0.261.